The number of likely N-dealkylation sites (tertiary alicyclic amines) is 2. The SMILES string of the molecule is CCC([C@@H]1CN(C(=O)OC(C)(C)C)C[C@@H]1c1ccccc1)N1CCC2(CC1)NC(=O)N(Cc1ccc(S(C)(=O)=O)cc1)C2=O. The normalized spacial score (nSPS) is 23.2. The van der Waals surface area contributed by atoms with Gasteiger partial charge in [-0.1, -0.05) is 49.4 Å². The average Bonchev–Trinajstić information content (AvgIpc) is 3.50. The van der Waals surface area contributed by atoms with Crippen LogP contribution in [0.3, 0.4) is 0 Å². The molecule has 2 aromatic rings. The molecule has 2 aromatic carbocycles. The van der Waals surface area contributed by atoms with Crippen LogP contribution < -0.4 is 5.32 Å². The summed E-state index contributed by atoms with van der Waals surface area (Å²) in [5.74, 6) is 0.104. The highest BCUT2D eigenvalue weighted by Crippen LogP contribution is 2.40. The number of nitrogens with zero attached hydrogens (tertiary/aromatic N) is 3. The monoisotopic (exact) mass is 624 g/mol. The Bertz CT molecular complexity index is 1480. The van der Waals surface area contributed by atoms with Crippen LogP contribution in [0.4, 0.5) is 9.59 Å². The first-order valence-electron chi connectivity index (χ1n) is 15.4. The summed E-state index contributed by atoms with van der Waals surface area (Å²) in [7, 11) is -3.34. The summed E-state index contributed by atoms with van der Waals surface area (Å²) in [6.45, 7) is 10.4. The third-order valence-electron chi connectivity index (χ3n) is 9.22. The molecule has 1 unspecified atom stereocenters. The van der Waals surface area contributed by atoms with Crippen molar-refractivity contribution in [3.8, 4) is 0 Å². The highest BCUT2D eigenvalue weighted by molar-refractivity contribution is 7.90. The fraction of sp³-hybridized carbons (Fsp3) is 0.545. The van der Waals surface area contributed by atoms with E-state index in [1.807, 2.05) is 43.9 Å². The maximum Gasteiger partial charge on any atom is 0.410 e. The Balaban J connectivity index is 1.28. The number of imide groups is 1. The van der Waals surface area contributed by atoms with Crippen LogP contribution in [0.25, 0.3) is 0 Å². The minimum atomic E-state index is -3.34. The second kappa shape index (κ2) is 12.2. The number of hydrogen-bond donors (Lipinski definition) is 1. The van der Waals surface area contributed by atoms with E-state index in [-0.39, 0.29) is 41.3 Å². The quantitative estimate of drug-likeness (QED) is 0.454. The van der Waals surface area contributed by atoms with E-state index in [1.54, 1.807) is 12.1 Å². The number of carbonyl (C=O) groups excluding carboxylic acids is 3. The molecule has 3 atom stereocenters. The zero-order chi connectivity index (χ0) is 31.9. The van der Waals surface area contributed by atoms with Crippen molar-refractivity contribution in [2.45, 2.75) is 81.5 Å². The van der Waals surface area contributed by atoms with E-state index >= 15 is 0 Å². The molecule has 3 saturated heterocycles. The Labute approximate surface area is 260 Å². The van der Waals surface area contributed by atoms with Gasteiger partial charge in [0.25, 0.3) is 5.91 Å². The summed E-state index contributed by atoms with van der Waals surface area (Å²) in [6, 6.07) is 16.4. The van der Waals surface area contributed by atoms with Gasteiger partial charge in [-0.2, -0.15) is 0 Å². The molecule has 3 aliphatic heterocycles. The number of hydrogen-bond acceptors (Lipinski definition) is 7. The largest absolute Gasteiger partial charge is 0.444 e. The number of ether oxygens (including phenoxy) is 1. The third-order valence-corrected chi connectivity index (χ3v) is 10.3. The molecule has 0 aliphatic carbocycles. The topological polar surface area (TPSA) is 116 Å². The molecule has 0 bridgehead atoms. The molecule has 0 radical (unpaired) electrons. The van der Waals surface area contributed by atoms with E-state index in [0.29, 0.717) is 44.6 Å². The summed E-state index contributed by atoms with van der Waals surface area (Å²) >= 11 is 0. The van der Waals surface area contributed by atoms with E-state index in [9.17, 15) is 22.8 Å². The Morgan fingerprint density at radius 1 is 1.02 bits per heavy atom. The Morgan fingerprint density at radius 2 is 1.66 bits per heavy atom. The van der Waals surface area contributed by atoms with Gasteiger partial charge in [0.2, 0.25) is 0 Å². The second-order valence-electron chi connectivity index (χ2n) is 13.4. The van der Waals surface area contributed by atoms with Crippen LogP contribution in [0, 0.1) is 5.92 Å². The molecule has 238 valence electrons. The lowest BCUT2D eigenvalue weighted by molar-refractivity contribution is -0.133. The number of urea groups is 1. The standard InChI is InChI=1S/C33H44N4O6S/c1-6-28(27-22-36(31(40)43-32(2,3)4)21-26(27)24-10-8-7-9-11-24)35-18-16-33(17-19-35)29(38)37(30(39)34-33)20-23-12-14-25(15-13-23)44(5,41)42/h7-15,26-28H,6,16-22H2,1-5H3,(H,34,39)/t26-,27-,28?/m1/s1. The van der Waals surface area contributed by atoms with Crippen LogP contribution in [0.2, 0.25) is 0 Å². The predicted octanol–water partition coefficient (Wildman–Crippen LogP) is 4.41. The van der Waals surface area contributed by atoms with Crippen molar-refractivity contribution < 1.29 is 27.5 Å². The first kappa shape index (κ1) is 32.0. The number of nitrogens with one attached hydrogen (secondary N) is 1. The first-order chi connectivity index (χ1) is 20.7. The van der Waals surface area contributed by atoms with E-state index in [2.05, 4.69) is 29.3 Å². The third kappa shape index (κ3) is 6.63. The van der Waals surface area contributed by atoms with Crippen molar-refractivity contribution in [3.05, 3.63) is 65.7 Å². The van der Waals surface area contributed by atoms with Crippen LogP contribution >= 0.6 is 0 Å². The number of amides is 4. The smallest absolute Gasteiger partial charge is 0.410 e. The van der Waals surface area contributed by atoms with Crippen LogP contribution in [0.1, 0.15) is 64.0 Å². The fourth-order valence-electron chi connectivity index (χ4n) is 7.00. The summed E-state index contributed by atoms with van der Waals surface area (Å²) in [5, 5.41) is 3.00. The molecule has 0 aromatic heterocycles. The molecule has 11 heteroatoms. The van der Waals surface area contributed by atoms with Crippen LogP contribution in [-0.4, -0.2) is 90.8 Å². The highest BCUT2D eigenvalue weighted by Gasteiger charge is 2.53. The van der Waals surface area contributed by atoms with Gasteiger partial charge < -0.3 is 15.0 Å². The minimum absolute atomic E-state index is 0.0824. The van der Waals surface area contributed by atoms with Gasteiger partial charge in [-0.3, -0.25) is 14.6 Å². The van der Waals surface area contributed by atoms with Crippen LogP contribution in [-0.2, 0) is 25.9 Å². The van der Waals surface area contributed by atoms with Gasteiger partial charge >= 0.3 is 12.1 Å². The number of sulfone groups is 1. The molecule has 4 amide bonds. The van der Waals surface area contributed by atoms with E-state index in [4.69, 9.17) is 4.74 Å². The Kier molecular flexibility index (Phi) is 8.83. The van der Waals surface area contributed by atoms with Gasteiger partial charge in [0.05, 0.1) is 11.4 Å². The van der Waals surface area contributed by atoms with E-state index in [1.165, 1.54) is 22.6 Å². The number of benzene rings is 2. The maximum atomic E-state index is 13.7. The average molecular weight is 625 g/mol. The number of carbonyl (C=O) groups is 3. The zero-order valence-corrected chi connectivity index (χ0v) is 27.1. The number of rotatable bonds is 7. The maximum absolute atomic E-state index is 13.7. The van der Waals surface area contributed by atoms with Gasteiger partial charge in [-0.05, 0) is 63.3 Å². The zero-order valence-electron chi connectivity index (χ0n) is 26.3. The lowest BCUT2D eigenvalue weighted by atomic mass is 9.80. The molecule has 0 saturated carbocycles. The molecule has 3 fully saturated rings. The Morgan fingerprint density at radius 3 is 2.23 bits per heavy atom. The fourth-order valence-corrected chi connectivity index (χ4v) is 7.63. The molecule has 1 N–H and O–H groups in total. The van der Waals surface area contributed by atoms with Crippen molar-refractivity contribution in [1.29, 1.82) is 0 Å². The molecule has 3 aliphatic rings. The summed E-state index contributed by atoms with van der Waals surface area (Å²) in [6.07, 6.45) is 2.73. The summed E-state index contributed by atoms with van der Waals surface area (Å²) in [5.41, 5.74) is 0.363. The van der Waals surface area contributed by atoms with Gasteiger partial charge in [0.1, 0.15) is 11.1 Å². The highest BCUT2D eigenvalue weighted by atomic mass is 32.2. The van der Waals surface area contributed by atoms with Crippen molar-refractivity contribution in [2.24, 2.45) is 5.92 Å². The molecule has 44 heavy (non-hydrogen) atoms. The van der Waals surface area contributed by atoms with E-state index < -0.39 is 27.0 Å². The van der Waals surface area contributed by atoms with Crippen LogP contribution in [0.5, 0.6) is 0 Å². The summed E-state index contributed by atoms with van der Waals surface area (Å²) in [4.78, 5) is 45.5. The number of piperidine rings is 1. The van der Waals surface area contributed by atoms with Crippen molar-refractivity contribution in [3.63, 3.8) is 0 Å². The lowest BCUT2D eigenvalue weighted by Crippen LogP contribution is -2.57. The van der Waals surface area contributed by atoms with Crippen LogP contribution in [0.15, 0.2) is 59.5 Å². The summed E-state index contributed by atoms with van der Waals surface area (Å²) < 4.78 is 29.3. The van der Waals surface area contributed by atoms with Crippen molar-refractivity contribution in [1.82, 2.24) is 20.0 Å². The lowest BCUT2D eigenvalue weighted by Gasteiger charge is -2.43. The second-order valence-corrected chi connectivity index (χ2v) is 15.4. The molecular weight excluding hydrogens is 580 g/mol. The van der Waals surface area contributed by atoms with Crippen molar-refractivity contribution in [2.75, 3.05) is 32.4 Å². The van der Waals surface area contributed by atoms with Crippen molar-refractivity contribution >= 4 is 27.9 Å². The van der Waals surface area contributed by atoms with Gasteiger partial charge in [-0.25, -0.2) is 18.0 Å². The van der Waals surface area contributed by atoms with E-state index in [0.717, 1.165) is 12.7 Å². The molecule has 10 nitrogen and oxygen atoms in total. The predicted molar refractivity (Wildman–Crippen MR) is 167 cm³/mol. The Hall–Kier alpha value is -3.44. The first-order valence-corrected chi connectivity index (χ1v) is 17.3. The minimum Gasteiger partial charge on any atom is -0.444 e. The van der Waals surface area contributed by atoms with Gasteiger partial charge in [0, 0.05) is 50.3 Å². The molecule has 5 rings (SSSR count). The molecule has 1 spiro atoms. The van der Waals surface area contributed by atoms with Gasteiger partial charge in [0.15, 0.2) is 9.84 Å². The van der Waals surface area contributed by atoms with Gasteiger partial charge in [-0.15, -0.1) is 0 Å². The molecule has 3 heterocycles. The molecular formula is C33H44N4O6S.